The van der Waals surface area contributed by atoms with E-state index < -0.39 is 0 Å². The van der Waals surface area contributed by atoms with Crippen molar-refractivity contribution in [3.05, 3.63) is 42.1 Å². The van der Waals surface area contributed by atoms with Crippen molar-refractivity contribution < 1.29 is 0 Å². The topological polar surface area (TPSA) is 65.5 Å². The van der Waals surface area contributed by atoms with Gasteiger partial charge in [-0.25, -0.2) is 4.98 Å². The van der Waals surface area contributed by atoms with Crippen molar-refractivity contribution >= 4 is 0 Å². The van der Waals surface area contributed by atoms with Crippen LogP contribution in [0, 0.1) is 0 Å². The molecule has 7 heteroatoms. The van der Waals surface area contributed by atoms with Crippen LogP contribution in [0.3, 0.4) is 0 Å². The van der Waals surface area contributed by atoms with Gasteiger partial charge in [0.15, 0.2) is 5.82 Å². The number of rotatable bonds is 4. The summed E-state index contributed by atoms with van der Waals surface area (Å²) in [6.45, 7) is 3.78. The van der Waals surface area contributed by atoms with Crippen molar-refractivity contribution in [1.82, 2.24) is 34.4 Å². The molecule has 0 spiro atoms. The average molecular weight is 311 g/mol. The van der Waals surface area contributed by atoms with E-state index in [-0.39, 0.29) is 0 Å². The minimum Gasteiger partial charge on any atom is -0.329 e. The number of nitrogens with one attached hydrogen (secondary N) is 1. The predicted molar refractivity (Wildman–Crippen MR) is 86.7 cm³/mol. The van der Waals surface area contributed by atoms with Crippen LogP contribution in [0.15, 0.2) is 30.9 Å². The van der Waals surface area contributed by atoms with Gasteiger partial charge in [0, 0.05) is 45.3 Å². The van der Waals surface area contributed by atoms with Gasteiger partial charge in [0.1, 0.15) is 5.69 Å². The molecule has 23 heavy (non-hydrogen) atoms. The van der Waals surface area contributed by atoms with Crippen LogP contribution in [0.2, 0.25) is 0 Å². The molecule has 7 nitrogen and oxygen atoms in total. The van der Waals surface area contributed by atoms with Gasteiger partial charge in [-0.05, 0) is 31.0 Å². The maximum atomic E-state index is 4.75. The minimum absolute atomic E-state index is 0.876. The fourth-order valence-corrected chi connectivity index (χ4v) is 3.04. The lowest BCUT2D eigenvalue weighted by Gasteiger charge is -2.05. The average Bonchev–Trinajstić information content (AvgIpc) is 3.23. The van der Waals surface area contributed by atoms with E-state index in [2.05, 4.69) is 36.9 Å². The number of aromatic nitrogens is 6. The van der Waals surface area contributed by atoms with Crippen LogP contribution in [0.1, 0.15) is 17.7 Å². The molecule has 0 radical (unpaired) electrons. The van der Waals surface area contributed by atoms with Crippen molar-refractivity contribution in [1.29, 1.82) is 0 Å². The van der Waals surface area contributed by atoms with Gasteiger partial charge in [0.05, 0.1) is 11.9 Å². The SMILES string of the molecule is Cn1cc(CCn2ccnc2-c2cc3n(n2)CCCNC3)cn1. The summed E-state index contributed by atoms with van der Waals surface area (Å²) in [6, 6.07) is 2.15. The molecule has 0 saturated heterocycles. The molecule has 0 saturated carbocycles. The second-order valence-electron chi connectivity index (χ2n) is 5.99. The Kier molecular flexibility index (Phi) is 3.70. The zero-order valence-corrected chi connectivity index (χ0v) is 13.3. The van der Waals surface area contributed by atoms with Crippen molar-refractivity contribution in [2.45, 2.75) is 32.5 Å². The number of fused-ring (bicyclic) bond motifs is 1. The van der Waals surface area contributed by atoms with E-state index in [1.165, 1.54) is 11.3 Å². The molecule has 0 atom stereocenters. The largest absolute Gasteiger partial charge is 0.329 e. The lowest BCUT2D eigenvalue weighted by atomic mass is 10.2. The van der Waals surface area contributed by atoms with E-state index in [0.717, 1.165) is 50.5 Å². The summed E-state index contributed by atoms with van der Waals surface area (Å²) < 4.78 is 6.11. The fourth-order valence-electron chi connectivity index (χ4n) is 3.04. The first-order chi connectivity index (χ1) is 11.3. The first kappa shape index (κ1) is 14.2. The molecular weight excluding hydrogens is 290 g/mol. The molecule has 0 bridgehead atoms. The van der Waals surface area contributed by atoms with Crippen LogP contribution in [-0.2, 0) is 33.1 Å². The zero-order chi connectivity index (χ0) is 15.6. The van der Waals surface area contributed by atoms with E-state index >= 15 is 0 Å². The van der Waals surface area contributed by atoms with Crippen molar-refractivity contribution in [3.8, 4) is 11.5 Å². The maximum Gasteiger partial charge on any atom is 0.160 e. The quantitative estimate of drug-likeness (QED) is 0.787. The first-order valence-electron chi connectivity index (χ1n) is 8.06. The van der Waals surface area contributed by atoms with Gasteiger partial charge in [0.2, 0.25) is 0 Å². The molecule has 4 heterocycles. The highest BCUT2D eigenvalue weighted by atomic mass is 15.3. The maximum absolute atomic E-state index is 4.75. The number of hydrogen-bond acceptors (Lipinski definition) is 4. The summed E-state index contributed by atoms with van der Waals surface area (Å²) in [5.41, 5.74) is 3.43. The standard InChI is InChI=1S/C16H21N7/c1-21-12-13(10-19-21)3-7-22-8-5-18-16(22)15-9-14-11-17-4-2-6-23(14)20-15/h5,8-10,12,17H,2-4,6-7,11H2,1H3. The number of imidazole rings is 1. The van der Waals surface area contributed by atoms with Gasteiger partial charge in [0.25, 0.3) is 0 Å². The Morgan fingerprint density at radius 3 is 3.17 bits per heavy atom. The Bertz CT molecular complexity index is 772. The third-order valence-electron chi connectivity index (χ3n) is 4.24. The molecule has 1 aliphatic rings. The van der Waals surface area contributed by atoms with E-state index in [9.17, 15) is 0 Å². The van der Waals surface area contributed by atoms with Gasteiger partial charge in [-0.2, -0.15) is 10.2 Å². The van der Waals surface area contributed by atoms with Crippen LogP contribution in [0.5, 0.6) is 0 Å². The van der Waals surface area contributed by atoms with Gasteiger partial charge in [-0.15, -0.1) is 0 Å². The van der Waals surface area contributed by atoms with Gasteiger partial charge in [-0.3, -0.25) is 9.36 Å². The molecule has 4 rings (SSSR count). The number of aryl methyl sites for hydroxylation is 4. The smallest absolute Gasteiger partial charge is 0.160 e. The Morgan fingerprint density at radius 2 is 2.30 bits per heavy atom. The van der Waals surface area contributed by atoms with Crippen molar-refractivity contribution in [2.75, 3.05) is 6.54 Å². The monoisotopic (exact) mass is 311 g/mol. The van der Waals surface area contributed by atoms with Crippen molar-refractivity contribution in [3.63, 3.8) is 0 Å². The second-order valence-corrected chi connectivity index (χ2v) is 5.99. The molecular formula is C16H21N7. The van der Waals surface area contributed by atoms with E-state index in [1.54, 1.807) is 0 Å². The van der Waals surface area contributed by atoms with Gasteiger partial charge >= 0.3 is 0 Å². The Labute approximate surface area is 134 Å². The molecule has 120 valence electrons. The second kappa shape index (κ2) is 6.00. The number of hydrogen-bond donors (Lipinski definition) is 1. The van der Waals surface area contributed by atoms with Crippen LogP contribution in [0.25, 0.3) is 11.5 Å². The summed E-state index contributed by atoms with van der Waals surface area (Å²) in [5.74, 6) is 0.939. The Balaban J connectivity index is 1.55. The summed E-state index contributed by atoms with van der Waals surface area (Å²) in [7, 11) is 1.94. The third-order valence-corrected chi connectivity index (χ3v) is 4.24. The molecule has 3 aromatic rings. The van der Waals surface area contributed by atoms with E-state index in [1.807, 2.05) is 30.3 Å². The Hall–Kier alpha value is -2.41. The van der Waals surface area contributed by atoms with Gasteiger partial charge in [-0.1, -0.05) is 0 Å². The normalized spacial score (nSPS) is 14.7. The fraction of sp³-hybridized carbons (Fsp3) is 0.438. The summed E-state index contributed by atoms with van der Waals surface area (Å²) in [6.07, 6.45) is 9.90. The predicted octanol–water partition coefficient (Wildman–Crippen LogP) is 1.22. The molecule has 3 aromatic heterocycles. The molecule has 0 fully saturated rings. The molecule has 0 unspecified atom stereocenters. The van der Waals surface area contributed by atoms with Crippen LogP contribution in [0.4, 0.5) is 0 Å². The molecule has 0 aliphatic carbocycles. The lowest BCUT2D eigenvalue weighted by molar-refractivity contribution is 0.587. The Morgan fingerprint density at radius 1 is 1.35 bits per heavy atom. The van der Waals surface area contributed by atoms with Crippen LogP contribution < -0.4 is 5.32 Å². The highest BCUT2D eigenvalue weighted by Crippen LogP contribution is 2.19. The highest BCUT2D eigenvalue weighted by Gasteiger charge is 2.15. The van der Waals surface area contributed by atoms with Crippen molar-refractivity contribution in [2.24, 2.45) is 7.05 Å². The van der Waals surface area contributed by atoms with E-state index in [0.29, 0.717) is 0 Å². The summed E-state index contributed by atoms with van der Waals surface area (Å²) in [5, 5.41) is 12.4. The lowest BCUT2D eigenvalue weighted by Crippen LogP contribution is -2.11. The van der Waals surface area contributed by atoms with Crippen LogP contribution in [-0.4, -0.2) is 35.7 Å². The summed E-state index contributed by atoms with van der Waals surface area (Å²) in [4.78, 5) is 4.52. The van der Waals surface area contributed by atoms with Crippen LogP contribution >= 0.6 is 0 Å². The summed E-state index contributed by atoms with van der Waals surface area (Å²) >= 11 is 0. The first-order valence-corrected chi connectivity index (χ1v) is 8.06. The molecule has 0 amide bonds. The van der Waals surface area contributed by atoms with E-state index in [4.69, 9.17) is 5.10 Å². The van der Waals surface area contributed by atoms with Gasteiger partial charge < -0.3 is 9.88 Å². The third kappa shape index (κ3) is 2.92. The number of nitrogens with zero attached hydrogens (tertiary/aromatic N) is 6. The minimum atomic E-state index is 0.876. The zero-order valence-electron chi connectivity index (χ0n) is 13.3. The molecule has 1 aliphatic heterocycles. The molecule has 1 N–H and O–H groups in total. The molecule has 0 aromatic carbocycles. The highest BCUT2D eigenvalue weighted by molar-refractivity contribution is 5.50.